The molecule has 0 aliphatic rings. The summed E-state index contributed by atoms with van der Waals surface area (Å²) >= 11 is 0. The van der Waals surface area contributed by atoms with E-state index in [1.807, 2.05) is 0 Å². The van der Waals surface area contributed by atoms with E-state index < -0.39 is 23.9 Å². The Labute approximate surface area is 233 Å². The van der Waals surface area contributed by atoms with Gasteiger partial charge in [0.05, 0.1) is 0 Å². The van der Waals surface area contributed by atoms with Crippen LogP contribution in [0, 0.1) is 0 Å². The fourth-order valence-corrected chi connectivity index (χ4v) is 3.27. The number of nitrogens with two attached hydrogens (primary N) is 1. The van der Waals surface area contributed by atoms with Crippen LogP contribution in [0.15, 0.2) is 0 Å². The van der Waals surface area contributed by atoms with Gasteiger partial charge in [0.25, 0.3) is 0 Å². The van der Waals surface area contributed by atoms with E-state index in [2.05, 4.69) is 11.7 Å². The number of ether oxygens (including phenoxy) is 1. The molecule has 0 bridgehead atoms. The van der Waals surface area contributed by atoms with E-state index in [1.165, 1.54) is 77.0 Å². The molecule has 0 unspecified atom stereocenters. The van der Waals surface area contributed by atoms with Crippen LogP contribution in [0.4, 0.5) is 0 Å². The first kappa shape index (κ1) is 36.1. The van der Waals surface area contributed by atoms with Gasteiger partial charge in [0, 0.05) is 12.8 Å². The van der Waals surface area contributed by atoms with Gasteiger partial charge in [-0.25, -0.2) is 0 Å². The van der Waals surface area contributed by atoms with Gasteiger partial charge >= 0.3 is 77.0 Å². The van der Waals surface area contributed by atoms with E-state index in [-0.39, 0.29) is 78.4 Å². The van der Waals surface area contributed by atoms with E-state index >= 15 is 0 Å². The zero-order chi connectivity index (χ0) is 21.7. The van der Waals surface area contributed by atoms with E-state index in [0.717, 1.165) is 19.3 Å². The molecular formula is C23H45NNa2O5. The Balaban J connectivity index is -0.00000392. The minimum absolute atomic E-state index is 0. The summed E-state index contributed by atoms with van der Waals surface area (Å²) in [7, 11) is 0. The Hall–Kier alpha value is 0.570. The first-order valence-corrected chi connectivity index (χ1v) is 11.7. The van der Waals surface area contributed by atoms with Gasteiger partial charge < -0.3 is 15.6 Å². The number of carboxylic acids is 1. The normalized spacial score (nSPS) is 11.2. The number of hydrogen-bond donors (Lipinski definition) is 2. The fourth-order valence-electron chi connectivity index (χ4n) is 3.27. The molecule has 0 aromatic heterocycles. The Morgan fingerprint density at radius 3 is 1.42 bits per heavy atom. The van der Waals surface area contributed by atoms with E-state index in [9.17, 15) is 14.4 Å². The molecule has 0 aliphatic carbocycles. The number of esters is 2. The van der Waals surface area contributed by atoms with Crippen molar-refractivity contribution in [3.63, 3.8) is 0 Å². The summed E-state index contributed by atoms with van der Waals surface area (Å²) < 4.78 is 4.67. The Bertz CT molecular complexity index is 450. The summed E-state index contributed by atoms with van der Waals surface area (Å²) in [6.07, 6.45) is 18.9. The molecule has 1 atom stereocenters. The van der Waals surface area contributed by atoms with Crippen molar-refractivity contribution in [3.8, 4) is 0 Å². The van der Waals surface area contributed by atoms with Gasteiger partial charge in [0.15, 0.2) is 0 Å². The van der Waals surface area contributed by atoms with Gasteiger partial charge in [-0.15, -0.1) is 0 Å². The summed E-state index contributed by atoms with van der Waals surface area (Å²) in [4.78, 5) is 33.6. The summed E-state index contributed by atoms with van der Waals surface area (Å²) in [6.45, 7) is 2.25. The SMILES string of the molecule is CCCCCCCCCCCCCCCCCC(=O)OC(=O)CC[C@H](N)C(=O)O.[NaH].[NaH]. The van der Waals surface area contributed by atoms with Gasteiger partial charge in [-0.1, -0.05) is 96.8 Å². The van der Waals surface area contributed by atoms with Gasteiger partial charge in [-0.2, -0.15) is 0 Å². The van der Waals surface area contributed by atoms with Crippen molar-refractivity contribution < 1.29 is 24.2 Å². The number of carbonyl (C=O) groups is 3. The monoisotopic (exact) mass is 461 g/mol. The third-order valence-corrected chi connectivity index (χ3v) is 5.19. The average molecular weight is 462 g/mol. The standard InChI is InChI=1S/C23H43NO5.2Na.2H/c1-2-3-4-5-6-7-8-9-10-11-12-13-14-15-16-17-21(25)29-22(26)19-18-20(24)23(27)28;;;;/h20H,2-19,24H2,1H3,(H,27,28);;;;/t20-;;;;/m0..../s1. The molecule has 6 nitrogen and oxygen atoms in total. The number of hydrogen-bond acceptors (Lipinski definition) is 5. The molecule has 8 heteroatoms. The predicted molar refractivity (Wildman–Crippen MR) is 130 cm³/mol. The molecule has 3 N–H and O–H groups in total. The molecule has 0 aromatic rings. The molecule has 0 radical (unpaired) electrons. The maximum absolute atomic E-state index is 11.6. The van der Waals surface area contributed by atoms with Crippen LogP contribution in [0.2, 0.25) is 0 Å². The van der Waals surface area contributed by atoms with Gasteiger partial charge in [0.2, 0.25) is 0 Å². The van der Waals surface area contributed by atoms with Crippen molar-refractivity contribution in [1.82, 2.24) is 0 Å². The number of carbonyl (C=O) groups excluding carboxylic acids is 2. The molecule has 174 valence electrons. The van der Waals surface area contributed by atoms with Crippen LogP contribution in [-0.4, -0.2) is 88.2 Å². The molecule has 0 aromatic carbocycles. The quantitative estimate of drug-likeness (QED) is 0.122. The number of aliphatic carboxylic acids is 1. The van der Waals surface area contributed by atoms with E-state index in [0.29, 0.717) is 0 Å². The van der Waals surface area contributed by atoms with Crippen LogP contribution in [-0.2, 0) is 19.1 Å². The molecule has 0 rings (SSSR count). The van der Waals surface area contributed by atoms with Crippen molar-refractivity contribution in [2.45, 2.75) is 129 Å². The molecule has 0 heterocycles. The van der Waals surface area contributed by atoms with Crippen LogP contribution >= 0.6 is 0 Å². The third-order valence-electron chi connectivity index (χ3n) is 5.19. The number of carboxylic acid groups (broad SMARTS) is 1. The summed E-state index contributed by atoms with van der Waals surface area (Å²) in [5, 5.41) is 8.63. The molecule has 0 saturated heterocycles. The molecule has 0 aliphatic heterocycles. The van der Waals surface area contributed by atoms with Crippen molar-refractivity contribution in [2.75, 3.05) is 0 Å². The minimum atomic E-state index is -1.16. The molecule has 0 spiro atoms. The molecule has 31 heavy (non-hydrogen) atoms. The summed E-state index contributed by atoms with van der Waals surface area (Å²) in [6, 6.07) is -1.10. The number of unbranched alkanes of at least 4 members (excludes halogenated alkanes) is 14. The summed E-state index contributed by atoms with van der Waals surface area (Å²) in [5.41, 5.74) is 5.30. The van der Waals surface area contributed by atoms with Crippen molar-refractivity contribution >= 4 is 77.0 Å². The second-order valence-electron chi connectivity index (χ2n) is 8.03. The predicted octanol–water partition coefficient (Wildman–Crippen LogP) is 4.21. The second-order valence-corrected chi connectivity index (χ2v) is 8.03. The van der Waals surface area contributed by atoms with E-state index in [1.54, 1.807) is 0 Å². The Kier molecular flexibility index (Phi) is 31.3. The second kappa shape index (κ2) is 26.8. The maximum atomic E-state index is 11.6. The first-order chi connectivity index (χ1) is 14.0. The van der Waals surface area contributed by atoms with Gasteiger partial charge in [0.1, 0.15) is 6.04 Å². The zero-order valence-corrected chi connectivity index (χ0v) is 18.5. The van der Waals surface area contributed by atoms with Crippen LogP contribution in [0.5, 0.6) is 0 Å². The zero-order valence-electron chi connectivity index (χ0n) is 18.5. The fraction of sp³-hybridized carbons (Fsp3) is 0.870. The van der Waals surface area contributed by atoms with Gasteiger partial charge in [-0.3, -0.25) is 14.4 Å². The van der Waals surface area contributed by atoms with Crippen molar-refractivity contribution in [1.29, 1.82) is 0 Å². The first-order valence-electron chi connectivity index (χ1n) is 11.7. The Morgan fingerprint density at radius 1 is 0.677 bits per heavy atom. The Morgan fingerprint density at radius 2 is 1.03 bits per heavy atom. The van der Waals surface area contributed by atoms with Crippen LogP contribution in [0.1, 0.15) is 122 Å². The molecule has 0 amide bonds. The third kappa shape index (κ3) is 26.7. The van der Waals surface area contributed by atoms with E-state index in [4.69, 9.17) is 10.8 Å². The van der Waals surface area contributed by atoms with Crippen LogP contribution < -0.4 is 5.73 Å². The van der Waals surface area contributed by atoms with Crippen LogP contribution in [0.3, 0.4) is 0 Å². The van der Waals surface area contributed by atoms with Crippen molar-refractivity contribution in [3.05, 3.63) is 0 Å². The molecular weight excluding hydrogens is 416 g/mol. The average Bonchev–Trinajstić information content (AvgIpc) is 2.68. The van der Waals surface area contributed by atoms with Crippen LogP contribution in [0.25, 0.3) is 0 Å². The molecule has 0 saturated carbocycles. The number of rotatable bonds is 20. The van der Waals surface area contributed by atoms with Crippen molar-refractivity contribution in [2.24, 2.45) is 5.73 Å². The van der Waals surface area contributed by atoms with Gasteiger partial charge in [-0.05, 0) is 12.8 Å². The topological polar surface area (TPSA) is 107 Å². The molecule has 0 fully saturated rings. The summed E-state index contributed by atoms with van der Waals surface area (Å²) in [5.74, 6) is -2.40.